The summed E-state index contributed by atoms with van der Waals surface area (Å²) in [6.07, 6.45) is 5.42. The van der Waals surface area contributed by atoms with Crippen molar-refractivity contribution in [3.63, 3.8) is 0 Å². The van der Waals surface area contributed by atoms with Crippen LogP contribution in [0, 0.1) is 0 Å². The number of nitrogens with one attached hydrogen (secondary N) is 1. The largest absolute Gasteiger partial charge is 0.385 e. The van der Waals surface area contributed by atoms with Gasteiger partial charge in [0.1, 0.15) is 0 Å². The molecule has 116 valence electrons. The number of rotatable bonds is 6. The minimum Gasteiger partial charge on any atom is -0.385 e. The molecule has 0 aliphatic heterocycles. The predicted molar refractivity (Wildman–Crippen MR) is 84.1 cm³/mol. The molecule has 1 aromatic carbocycles. The Morgan fingerprint density at radius 1 is 1.33 bits per heavy atom. The van der Waals surface area contributed by atoms with Crippen molar-refractivity contribution in [1.82, 2.24) is 5.32 Å². The third kappa shape index (κ3) is 4.29. The summed E-state index contributed by atoms with van der Waals surface area (Å²) in [5.74, 6) is -0.114. The van der Waals surface area contributed by atoms with Gasteiger partial charge in [-0.1, -0.05) is 18.2 Å². The number of carbonyl (C=O) groups excluding carboxylic acids is 1. The first-order valence-electron chi connectivity index (χ1n) is 7.78. The molecule has 0 bridgehead atoms. The number of hydrogen-bond acceptors (Lipinski definition) is 3. The third-order valence-electron chi connectivity index (χ3n) is 4.20. The highest BCUT2D eigenvalue weighted by Crippen LogP contribution is 2.24. The molecule has 1 aliphatic carbocycles. The van der Waals surface area contributed by atoms with Crippen LogP contribution in [-0.4, -0.2) is 25.7 Å². The van der Waals surface area contributed by atoms with Crippen LogP contribution in [0.15, 0.2) is 18.2 Å². The highest BCUT2D eigenvalue weighted by Gasteiger charge is 2.17. The fourth-order valence-corrected chi connectivity index (χ4v) is 2.80. The van der Waals surface area contributed by atoms with Crippen molar-refractivity contribution in [1.29, 1.82) is 0 Å². The summed E-state index contributed by atoms with van der Waals surface area (Å²) < 4.78 is 4.95. The van der Waals surface area contributed by atoms with E-state index in [0.717, 1.165) is 12.0 Å². The fourth-order valence-electron chi connectivity index (χ4n) is 2.80. The van der Waals surface area contributed by atoms with Crippen molar-refractivity contribution in [3.8, 4) is 0 Å². The number of benzene rings is 1. The Kier molecular flexibility index (Phi) is 5.76. The lowest BCUT2D eigenvalue weighted by Gasteiger charge is -2.21. The molecule has 0 fully saturated rings. The molecule has 0 saturated carbocycles. The topological polar surface area (TPSA) is 64.3 Å². The number of hydrogen-bond donors (Lipinski definition) is 2. The fraction of sp³-hybridized carbons (Fsp3) is 0.588. The van der Waals surface area contributed by atoms with Crippen molar-refractivity contribution in [3.05, 3.63) is 34.9 Å². The standard InChI is InChI=1S/C17H26N2O2/c1-12(19-17(20)16(18)9-10-21-2)14-8-7-13-5-3-4-6-15(13)11-14/h7-8,11-12,16H,3-6,9-10,18H2,1-2H3,(H,19,20). The zero-order valence-electron chi connectivity index (χ0n) is 13.0. The Morgan fingerprint density at radius 2 is 2.05 bits per heavy atom. The first-order valence-corrected chi connectivity index (χ1v) is 7.78. The van der Waals surface area contributed by atoms with Crippen LogP contribution in [-0.2, 0) is 22.4 Å². The molecule has 2 rings (SSSR count). The molecule has 2 atom stereocenters. The van der Waals surface area contributed by atoms with Crippen molar-refractivity contribution in [2.24, 2.45) is 5.73 Å². The number of nitrogens with two attached hydrogens (primary N) is 1. The molecule has 1 aromatic rings. The van der Waals surface area contributed by atoms with Crippen LogP contribution in [0.25, 0.3) is 0 Å². The van der Waals surface area contributed by atoms with Crippen LogP contribution in [0.5, 0.6) is 0 Å². The molecule has 4 nitrogen and oxygen atoms in total. The lowest BCUT2D eigenvalue weighted by atomic mass is 9.89. The Morgan fingerprint density at radius 3 is 2.76 bits per heavy atom. The minimum absolute atomic E-state index is 0.0154. The maximum absolute atomic E-state index is 12.0. The Labute approximate surface area is 127 Å². The van der Waals surface area contributed by atoms with Gasteiger partial charge in [-0.25, -0.2) is 0 Å². The number of methoxy groups -OCH3 is 1. The van der Waals surface area contributed by atoms with Gasteiger partial charge in [0.05, 0.1) is 12.1 Å². The molecule has 0 radical (unpaired) electrons. The van der Waals surface area contributed by atoms with Gasteiger partial charge in [0, 0.05) is 13.7 Å². The highest BCUT2D eigenvalue weighted by atomic mass is 16.5. The molecule has 0 heterocycles. The molecule has 4 heteroatoms. The second-order valence-electron chi connectivity index (χ2n) is 5.85. The monoisotopic (exact) mass is 290 g/mol. The van der Waals surface area contributed by atoms with Crippen molar-refractivity contribution in [2.75, 3.05) is 13.7 Å². The molecule has 0 saturated heterocycles. The van der Waals surface area contributed by atoms with E-state index in [0.29, 0.717) is 13.0 Å². The lowest BCUT2D eigenvalue weighted by Crippen LogP contribution is -2.42. The third-order valence-corrected chi connectivity index (χ3v) is 4.20. The molecule has 2 unspecified atom stereocenters. The maximum atomic E-state index is 12.0. The summed E-state index contributed by atoms with van der Waals surface area (Å²) in [6.45, 7) is 2.51. The summed E-state index contributed by atoms with van der Waals surface area (Å²) >= 11 is 0. The first-order chi connectivity index (χ1) is 10.1. The van der Waals surface area contributed by atoms with Gasteiger partial charge in [-0.05, 0) is 55.7 Å². The number of ether oxygens (including phenoxy) is 1. The van der Waals surface area contributed by atoms with Crippen LogP contribution in [0.2, 0.25) is 0 Å². The van der Waals surface area contributed by atoms with Gasteiger partial charge in [0.25, 0.3) is 0 Å². The van der Waals surface area contributed by atoms with Crippen LogP contribution in [0.4, 0.5) is 0 Å². The quantitative estimate of drug-likeness (QED) is 0.843. The number of amides is 1. The molecule has 3 N–H and O–H groups in total. The summed E-state index contributed by atoms with van der Waals surface area (Å²) in [7, 11) is 1.61. The Hall–Kier alpha value is -1.39. The zero-order valence-corrected chi connectivity index (χ0v) is 13.0. The maximum Gasteiger partial charge on any atom is 0.237 e. The molecular weight excluding hydrogens is 264 g/mol. The summed E-state index contributed by atoms with van der Waals surface area (Å²) in [5, 5.41) is 2.99. The highest BCUT2D eigenvalue weighted by molar-refractivity contribution is 5.81. The van der Waals surface area contributed by atoms with E-state index in [1.165, 1.54) is 30.4 Å². The second-order valence-corrected chi connectivity index (χ2v) is 5.85. The van der Waals surface area contributed by atoms with Gasteiger partial charge >= 0.3 is 0 Å². The summed E-state index contributed by atoms with van der Waals surface area (Å²) in [4.78, 5) is 12.0. The van der Waals surface area contributed by atoms with Gasteiger partial charge in [-0.2, -0.15) is 0 Å². The zero-order chi connectivity index (χ0) is 15.2. The molecule has 1 aliphatic rings. The minimum atomic E-state index is -0.509. The average Bonchev–Trinajstić information content (AvgIpc) is 2.51. The van der Waals surface area contributed by atoms with Crippen LogP contribution in [0.1, 0.15) is 48.9 Å². The Bertz CT molecular complexity index is 488. The van der Waals surface area contributed by atoms with Crippen LogP contribution < -0.4 is 11.1 Å². The number of carbonyl (C=O) groups is 1. The normalized spacial score (nSPS) is 16.9. The van der Waals surface area contributed by atoms with E-state index in [9.17, 15) is 4.79 Å². The van der Waals surface area contributed by atoms with E-state index < -0.39 is 6.04 Å². The van der Waals surface area contributed by atoms with Crippen molar-refractivity contribution in [2.45, 2.75) is 51.1 Å². The van der Waals surface area contributed by atoms with Gasteiger partial charge in [-0.15, -0.1) is 0 Å². The van der Waals surface area contributed by atoms with Gasteiger partial charge in [0.2, 0.25) is 5.91 Å². The van der Waals surface area contributed by atoms with Gasteiger partial charge < -0.3 is 15.8 Å². The number of fused-ring (bicyclic) bond motifs is 1. The Balaban J connectivity index is 1.96. The second kappa shape index (κ2) is 7.57. The molecule has 1 amide bonds. The summed E-state index contributed by atoms with van der Waals surface area (Å²) in [6, 6.07) is 6.04. The van der Waals surface area contributed by atoms with E-state index >= 15 is 0 Å². The van der Waals surface area contributed by atoms with Gasteiger partial charge in [0.15, 0.2) is 0 Å². The summed E-state index contributed by atoms with van der Waals surface area (Å²) in [5.41, 5.74) is 9.90. The smallest absolute Gasteiger partial charge is 0.237 e. The first kappa shape index (κ1) is 16.0. The lowest BCUT2D eigenvalue weighted by molar-refractivity contribution is -0.123. The van der Waals surface area contributed by atoms with Crippen molar-refractivity contribution >= 4 is 5.91 Å². The molecule has 0 spiro atoms. The SMILES string of the molecule is COCCC(N)C(=O)NC(C)c1ccc2c(c1)CCCC2. The average molecular weight is 290 g/mol. The molecule has 0 aromatic heterocycles. The predicted octanol–water partition coefficient (Wildman–Crippen LogP) is 2.11. The molecule has 21 heavy (non-hydrogen) atoms. The van der Waals surface area contributed by atoms with Crippen LogP contribution in [0.3, 0.4) is 0 Å². The number of aryl methyl sites for hydroxylation is 2. The van der Waals surface area contributed by atoms with E-state index in [4.69, 9.17) is 10.5 Å². The molecular formula is C17H26N2O2. The van der Waals surface area contributed by atoms with E-state index in [1.807, 2.05) is 6.92 Å². The van der Waals surface area contributed by atoms with E-state index in [2.05, 4.69) is 23.5 Å². The van der Waals surface area contributed by atoms with Gasteiger partial charge in [-0.3, -0.25) is 4.79 Å². The van der Waals surface area contributed by atoms with E-state index in [1.54, 1.807) is 7.11 Å². The van der Waals surface area contributed by atoms with E-state index in [-0.39, 0.29) is 11.9 Å². The van der Waals surface area contributed by atoms with Crippen LogP contribution >= 0.6 is 0 Å². The van der Waals surface area contributed by atoms with Crippen molar-refractivity contribution < 1.29 is 9.53 Å².